The molecule has 0 fully saturated rings. The highest BCUT2D eigenvalue weighted by atomic mass is 32.2. The summed E-state index contributed by atoms with van der Waals surface area (Å²) in [5, 5.41) is 0. The first kappa shape index (κ1) is 33.8. The molecule has 0 unspecified atom stereocenters. The van der Waals surface area contributed by atoms with Crippen LogP contribution in [0.1, 0.15) is 68.3 Å². The lowest BCUT2D eigenvalue weighted by atomic mass is 9.87. The zero-order valence-corrected chi connectivity index (χ0v) is 28.8. The van der Waals surface area contributed by atoms with Crippen LogP contribution in [0.5, 0.6) is 11.6 Å². The van der Waals surface area contributed by atoms with Crippen LogP contribution >= 0.6 is 0 Å². The Balaban J connectivity index is 1.61. The molecule has 1 aliphatic rings. The van der Waals surface area contributed by atoms with Gasteiger partial charge in [0.25, 0.3) is 15.9 Å². The predicted molar refractivity (Wildman–Crippen MR) is 180 cm³/mol. The summed E-state index contributed by atoms with van der Waals surface area (Å²) in [6.07, 6.45) is 3.76. The number of benzene rings is 2. The number of hydrogen-bond donors (Lipinski definition) is 1. The minimum Gasteiger partial charge on any atom is -0.490 e. The van der Waals surface area contributed by atoms with Crippen LogP contribution in [0.4, 0.5) is 5.95 Å². The maximum atomic E-state index is 14.3. The molecule has 5 rings (SSSR count). The molecule has 12 heteroatoms. The first-order chi connectivity index (χ1) is 22.2. The highest BCUT2D eigenvalue weighted by Crippen LogP contribution is 2.31. The van der Waals surface area contributed by atoms with Crippen molar-refractivity contribution in [3.8, 4) is 22.9 Å². The van der Waals surface area contributed by atoms with Crippen molar-refractivity contribution in [1.82, 2.24) is 24.8 Å². The van der Waals surface area contributed by atoms with E-state index in [0.29, 0.717) is 36.2 Å². The minimum atomic E-state index is -4.18. The Hall–Kier alpha value is -4.58. The normalized spacial score (nSPS) is 16.4. The molecule has 4 aromatic rings. The van der Waals surface area contributed by atoms with Crippen molar-refractivity contribution in [3.05, 3.63) is 83.4 Å². The summed E-state index contributed by atoms with van der Waals surface area (Å²) >= 11 is 0. The maximum absolute atomic E-state index is 14.3. The van der Waals surface area contributed by atoms with Crippen LogP contribution in [-0.4, -0.2) is 58.4 Å². The summed E-state index contributed by atoms with van der Waals surface area (Å²) < 4.78 is 41.8. The van der Waals surface area contributed by atoms with Crippen molar-refractivity contribution in [2.24, 2.45) is 11.3 Å². The number of aryl methyl sites for hydroxylation is 2. The van der Waals surface area contributed by atoms with Gasteiger partial charge in [-0.25, -0.2) is 28.1 Å². The fourth-order valence-corrected chi connectivity index (χ4v) is 6.45. The van der Waals surface area contributed by atoms with E-state index in [1.807, 2.05) is 32.0 Å². The standard InChI is InChI=1S/C35H42N6O5S/c1-22(2)20-45-27-17-36-30(37-18-27)19-41-26(16-35(5,6)7)21-46-31-15-29(32-23(3)10-8-11-24(32)4)38-34(39-31)40-47(43,44)28-13-9-12-25(14-28)33(41)42/h8-15,17-18,22,26H,16,19-21H2,1-7H3,(H,38,39,40)/t26-/m1/s1. The zero-order valence-electron chi connectivity index (χ0n) is 27.9. The molecule has 0 spiro atoms. The Morgan fingerprint density at radius 3 is 2.36 bits per heavy atom. The lowest BCUT2D eigenvalue weighted by Crippen LogP contribution is -2.45. The first-order valence-electron chi connectivity index (χ1n) is 15.6. The van der Waals surface area contributed by atoms with E-state index in [1.165, 1.54) is 12.1 Å². The van der Waals surface area contributed by atoms with E-state index in [-0.39, 0.29) is 46.8 Å². The molecule has 11 nitrogen and oxygen atoms in total. The third-order valence-corrected chi connectivity index (χ3v) is 8.93. The van der Waals surface area contributed by atoms with Gasteiger partial charge in [0.1, 0.15) is 12.4 Å². The summed E-state index contributed by atoms with van der Waals surface area (Å²) in [4.78, 5) is 33.9. The Bertz CT molecular complexity index is 1840. The van der Waals surface area contributed by atoms with Crippen LogP contribution in [0.2, 0.25) is 0 Å². The fourth-order valence-electron chi connectivity index (χ4n) is 5.46. The van der Waals surface area contributed by atoms with Crippen molar-refractivity contribution in [1.29, 1.82) is 0 Å². The van der Waals surface area contributed by atoms with E-state index in [2.05, 4.69) is 59.3 Å². The molecular formula is C35H42N6O5S. The molecule has 0 aliphatic carbocycles. The molecule has 0 saturated carbocycles. The molecule has 248 valence electrons. The van der Waals surface area contributed by atoms with Crippen LogP contribution in [0.15, 0.2) is 65.8 Å². The number of hydrogen-bond acceptors (Lipinski definition) is 9. The van der Waals surface area contributed by atoms with E-state index < -0.39 is 16.1 Å². The van der Waals surface area contributed by atoms with E-state index in [1.54, 1.807) is 35.5 Å². The maximum Gasteiger partial charge on any atom is 0.264 e. The van der Waals surface area contributed by atoms with Crippen LogP contribution in [0.25, 0.3) is 11.3 Å². The van der Waals surface area contributed by atoms with E-state index >= 15 is 0 Å². The van der Waals surface area contributed by atoms with Gasteiger partial charge in [-0.05, 0) is 60.9 Å². The highest BCUT2D eigenvalue weighted by Gasteiger charge is 2.32. The number of sulfonamides is 1. The van der Waals surface area contributed by atoms with Crippen LogP contribution in [-0.2, 0) is 16.6 Å². The Kier molecular flexibility index (Phi) is 9.81. The molecule has 4 bridgehead atoms. The lowest BCUT2D eigenvalue weighted by Gasteiger charge is -2.35. The molecule has 1 N–H and O–H groups in total. The average Bonchev–Trinajstić information content (AvgIpc) is 3.00. The molecule has 47 heavy (non-hydrogen) atoms. The van der Waals surface area contributed by atoms with Gasteiger partial charge in [0.2, 0.25) is 11.8 Å². The second-order valence-electron chi connectivity index (χ2n) is 13.5. The number of nitrogens with zero attached hydrogens (tertiary/aromatic N) is 5. The van der Waals surface area contributed by atoms with Crippen molar-refractivity contribution in [2.75, 3.05) is 17.9 Å². The van der Waals surface area contributed by atoms with E-state index in [9.17, 15) is 13.2 Å². The summed E-state index contributed by atoms with van der Waals surface area (Å²) in [5.41, 5.74) is 3.30. The largest absolute Gasteiger partial charge is 0.490 e. The van der Waals surface area contributed by atoms with Gasteiger partial charge in [-0.2, -0.15) is 4.98 Å². The van der Waals surface area contributed by atoms with Crippen LogP contribution in [0, 0.1) is 25.2 Å². The van der Waals surface area contributed by atoms with Gasteiger partial charge in [0.15, 0.2) is 5.75 Å². The summed E-state index contributed by atoms with van der Waals surface area (Å²) in [6.45, 7) is 15.0. The number of carbonyl (C=O) groups excluding carboxylic acids is 1. The first-order valence-corrected chi connectivity index (χ1v) is 17.1. The van der Waals surface area contributed by atoms with Gasteiger partial charge >= 0.3 is 0 Å². The molecule has 2 aromatic carbocycles. The monoisotopic (exact) mass is 658 g/mol. The van der Waals surface area contributed by atoms with Crippen molar-refractivity contribution >= 4 is 21.9 Å². The third-order valence-electron chi connectivity index (χ3n) is 7.61. The number of anilines is 1. The van der Waals surface area contributed by atoms with Gasteiger partial charge < -0.3 is 14.4 Å². The molecule has 1 amide bonds. The van der Waals surface area contributed by atoms with Crippen LogP contribution < -0.4 is 14.2 Å². The molecular weight excluding hydrogens is 616 g/mol. The number of rotatable bonds is 7. The fraction of sp³-hybridized carbons (Fsp3) is 0.400. The summed E-state index contributed by atoms with van der Waals surface area (Å²) in [6, 6.07) is 13.1. The number of fused-ring (bicyclic) bond motifs is 4. The molecule has 1 aliphatic heterocycles. The smallest absolute Gasteiger partial charge is 0.264 e. The predicted octanol–water partition coefficient (Wildman–Crippen LogP) is 6.23. The quantitative estimate of drug-likeness (QED) is 0.245. The van der Waals surface area contributed by atoms with E-state index in [4.69, 9.17) is 9.47 Å². The molecule has 1 atom stereocenters. The summed E-state index contributed by atoms with van der Waals surface area (Å²) in [7, 11) is -4.18. The number of nitrogens with one attached hydrogen (secondary N) is 1. The number of amides is 1. The van der Waals surface area contributed by atoms with Gasteiger partial charge in [-0.3, -0.25) is 4.79 Å². The van der Waals surface area contributed by atoms with Gasteiger partial charge in [-0.1, -0.05) is 58.9 Å². The Labute approximate surface area is 276 Å². The highest BCUT2D eigenvalue weighted by molar-refractivity contribution is 7.92. The lowest BCUT2D eigenvalue weighted by molar-refractivity contribution is 0.0505. The van der Waals surface area contributed by atoms with Crippen LogP contribution in [0.3, 0.4) is 0 Å². The number of carbonyl (C=O) groups is 1. The van der Waals surface area contributed by atoms with Gasteiger partial charge in [0.05, 0.1) is 42.2 Å². The van der Waals surface area contributed by atoms with Crippen molar-refractivity contribution in [3.63, 3.8) is 0 Å². The SMILES string of the molecule is Cc1cccc(C)c1-c1cc2nc(n1)NS(=O)(=O)c1cccc(c1)C(=O)N(Cc1ncc(OCC(C)C)cn1)[C@H](CC(C)(C)C)CO2. The topological polar surface area (TPSA) is 136 Å². The number of ether oxygens (including phenoxy) is 2. The van der Waals surface area contributed by atoms with Gasteiger partial charge in [-0.15, -0.1) is 0 Å². The summed E-state index contributed by atoms with van der Waals surface area (Å²) in [5.74, 6) is 0.957. The van der Waals surface area contributed by atoms with Crippen molar-refractivity contribution < 1.29 is 22.7 Å². The minimum absolute atomic E-state index is 0.0608. The van der Waals surface area contributed by atoms with Crippen molar-refractivity contribution in [2.45, 2.75) is 72.4 Å². The Morgan fingerprint density at radius 2 is 1.70 bits per heavy atom. The second kappa shape index (κ2) is 13.6. The molecule has 0 radical (unpaired) electrons. The second-order valence-corrected chi connectivity index (χ2v) is 15.2. The van der Waals surface area contributed by atoms with Gasteiger partial charge in [0, 0.05) is 17.2 Å². The molecule has 2 aromatic heterocycles. The van der Waals surface area contributed by atoms with E-state index in [0.717, 1.165) is 16.7 Å². The molecule has 3 heterocycles. The third kappa shape index (κ3) is 8.42. The average molecular weight is 659 g/mol. The number of aromatic nitrogens is 4. The zero-order chi connectivity index (χ0) is 33.9. The molecule has 0 saturated heterocycles. The Morgan fingerprint density at radius 1 is 1.02 bits per heavy atom.